The maximum Gasteiger partial charge on any atom is 0.480 e. The number of alkyl halides is 6. The maximum atomic E-state index is 11.4. The molecular weight excluding hydrogens is 458 g/mol. The third kappa shape index (κ3) is 9.31. The van der Waals surface area contributed by atoms with Gasteiger partial charge in [0.15, 0.2) is 20.0 Å². The summed E-state index contributed by atoms with van der Waals surface area (Å²) in [7, 11) is -13.4. The second-order valence-corrected chi connectivity index (χ2v) is 8.97. The Hall–Kier alpha value is -1.39. The topological polar surface area (TPSA) is 109 Å². The Balaban J connectivity index is 0. The monoisotopic (exact) mass is 480 g/mol. The van der Waals surface area contributed by atoms with Gasteiger partial charge >= 0.3 is 17.0 Å². The van der Waals surface area contributed by atoms with Gasteiger partial charge < -0.3 is 8.86 Å². The molecule has 0 atom stereocenters. The maximum absolute atomic E-state index is 11.4. The number of nitrogens with zero attached hydrogens (tertiary/aromatic N) is 2. The van der Waals surface area contributed by atoms with Crippen LogP contribution in [0.5, 0.6) is 0 Å². The van der Waals surface area contributed by atoms with Gasteiger partial charge in [-0.2, -0.15) is 26.3 Å². The lowest BCUT2D eigenvalue weighted by Gasteiger charge is -2.34. The zero-order valence-corrected chi connectivity index (χ0v) is 17.6. The van der Waals surface area contributed by atoms with Crippen molar-refractivity contribution in [1.82, 2.24) is 0 Å². The molecule has 0 heterocycles. The van der Waals surface area contributed by atoms with Crippen LogP contribution in [0.15, 0.2) is 12.2 Å². The molecule has 0 aliphatic rings. The predicted molar refractivity (Wildman–Crippen MR) is 91.0 cm³/mol. The number of carbonyl (C=O) groups is 1. The van der Waals surface area contributed by atoms with Gasteiger partial charge in [-0.15, -0.1) is 0 Å². The molecule has 8 nitrogen and oxygen atoms in total. The number of sulfonamides is 2. The average Bonchev–Trinajstić information content (AvgIpc) is 2.54. The molecule has 0 amide bonds. The summed E-state index contributed by atoms with van der Waals surface area (Å²) in [6, 6.07) is 0. The fourth-order valence-electron chi connectivity index (χ4n) is 1.48. The van der Waals surface area contributed by atoms with Crippen LogP contribution in [0.3, 0.4) is 0 Å². The molecule has 174 valence electrons. The molecule has 0 aromatic rings. The summed E-state index contributed by atoms with van der Waals surface area (Å²) in [5, 5.41) is 0. The number of rotatable bonds is 8. The zero-order chi connectivity index (χ0) is 23.9. The normalized spacial score (nSPS) is 13.3. The Morgan fingerprint density at radius 3 is 1.41 bits per heavy atom. The van der Waals surface area contributed by atoms with Gasteiger partial charge in [-0.25, -0.2) is 21.6 Å². The van der Waals surface area contributed by atoms with Gasteiger partial charge in [-0.1, -0.05) is 6.58 Å². The van der Waals surface area contributed by atoms with Crippen LogP contribution in [0.25, 0.3) is 4.13 Å². The molecular formula is C13H22F6N2O6S2. The highest BCUT2D eigenvalue weighted by Crippen LogP contribution is 2.36. The van der Waals surface area contributed by atoms with Crippen molar-refractivity contribution in [3.63, 3.8) is 0 Å². The lowest BCUT2D eigenvalue weighted by Crippen LogP contribution is -2.49. The minimum Gasteiger partial charge on any atom is -0.421 e. The van der Waals surface area contributed by atoms with Gasteiger partial charge in [0.2, 0.25) is 6.73 Å². The minimum absolute atomic E-state index is 0.289. The highest BCUT2D eigenvalue weighted by molar-refractivity contribution is 8.13. The number of quaternary nitrogens is 1. The first kappa shape index (κ1) is 29.8. The van der Waals surface area contributed by atoms with E-state index in [1.54, 1.807) is 6.92 Å². The molecule has 0 saturated heterocycles. The van der Waals surface area contributed by atoms with Gasteiger partial charge in [-0.3, -0.25) is 4.48 Å². The van der Waals surface area contributed by atoms with E-state index in [1.165, 1.54) is 0 Å². The highest BCUT2D eigenvalue weighted by atomic mass is 32.3. The molecule has 0 radical (unpaired) electrons. The van der Waals surface area contributed by atoms with E-state index in [4.69, 9.17) is 4.74 Å². The Kier molecular flexibility index (Phi) is 10.9. The van der Waals surface area contributed by atoms with Crippen molar-refractivity contribution in [2.24, 2.45) is 0 Å². The van der Waals surface area contributed by atoms with Gasteiger partial charge in [0.1, 0.15) is 0 Å². The number of ether oxygens (including phenoxy) is 1. The van der Waals surface area contributed by atoms with Crippen LogP contribution in [0.2, 0.25) is 0 Å². The van der Waals surface area contributed by atoms with Crippen molar-refractivity contribution in [2.75, 3.05) is 26.4 Å². The molecule has 0 aliphatic carbocycles. The quantitative estimate of drug-likeness (QED) is 0.174. The van der Waals surface area contributed by atoms with E-state index in [0.29, 0.717) is 12.3 Å². The van der Waals surface area contributed by atoms with Gasteiger partial charge in [0.25, 0.3) is 0 Å². The molecule has 16 heteroatoms. The summed E-state index contributed by atoms with van der Waals surface area (Å²) in [4.78, 5) is 11.2. The van der Waals surface area contributed by atoms with E-state index in [1.807, 2.05) is 0 Å². The smallest absolute Gasteiger partial charge is 0.421 e. The Morgan fingerprint density at radius 2 is 1.21 bits per heavy atom. The van der Waals surface area contributed by atoms with Crippen molar-refractivity contribution >= 4 is 26.0 Å². The molecule has 0 saturated carbocycles. The van der Waals surface area contributed by atoms with E-state index in [0.717, 1.165) is 28.2 Å². The zero-order valence-electron chi connectivity index (χ0n) is 16.0. The fraction of sp³-hybridized carbons (Fsp3) is 0.769. The third-order valence-electron chi connectivity index (χ3n) is 3.61. The van der Waals surface area contributed by atoms with Gasteiger partial charge in [0.05, 0.1) is 19.6 Å². The molecule has 0 aromatic carbocycles. The molecule has 0 aliphatic heterocycles. The summed E-state index contributed by atoms with van der Waals surface area (Å²) in [5.41, 5.74) is -11.9. The van der Waals surface area contributed by atoms with E-state index in [2.05, 4.69) is 27.4 Å². The lowest BCUT2D eigenvalue weighted by atomic mass is 10.3. The summed E-state index contributed by atoms with van der Waals surface area (Å²) in [6.07, 6.45) is 0. The van der Waals surface area contributed by atoms with Crippen LogP contribution >= 0.6 is 0 Å². The van der Waals surface area contributed by atoms with Crippen LogP contribution in [0, 0.1) is 0 Å². The predicted octanol–water partition coefficient (Wildman–Crippen LogP) is 3.00. The largest absolute Gasteiger partial charge is 0.480 e. The molecule has 0 aromatic heterocycles. The first-order chi connectivity index (χ1) is 12.7. The van der Waals surface area contributed by atoms with Crippen LogP contribution in [0.4, 0.5) is 26.3 Å². The Morgan fingerprint density at radius 1 is 0.897 bits per heavy atom. The van der Waals surface area contributed by atoms with Crippen molar-refractivity contribution in [3.8, 4) is 0 Å². The van der Waals surface area contributed by atoms with E-state index in [9.17, 15) is 48.0 Å². The van der Waals surface area contributed by atoms with Crippen LogP contribution in [-0.2, 0) is 29.6 Å². The summed E-state index contributed by atoms with van der Waals surface area (Å²) < 4.78 is 115. The number of hydrogen-bond acceptors (Lipinski definition) is 6. The number of esters is 1. The summed E-state index contributed by atoms with van der Waals surface area (Å²) in [6.45, 7) is 15.0. The molecule has 0 N–H and O–H groups in total. The molecule has 0 fully saturated rings. The van der Waals surface area contributed by atoms with Crippen molar-refractivity contribution in [3.05, 3.63) is 16.3 Å². The van der Waals surface area contributed by atoms with Crippen LogP contribution in [0.1, 0.15) is 27.7 Å². The number of carbonyl (C=O) groups excluding carboxylic acids is 1. The fourth-order valence-corrected chi connectivity index (χ4v) is 3.19. The number of halogens is 6. The van der Waals surface area contributed by atoms with Gasteiger partial charge in [0, 0.05) is 5.57 Å². The molecule has 0 unspecified atom stereocenters. The SMILES string of the molecule is C=C(C)C(=O)OC[N+](CC)(CC)CC.O=S(=O)([N-]S(=O)(=O)C(F)(F)F)C(F)(F)F. The van der Waals surface area contributed by atoms with E-state index < -0.39 is 31.1 Å². The summed E-state index contributed by atoms with van der Waals surface area (Å²) in [5.74, 6) is -0.289. The summed E-state index contributed by atoms with van der Waals surface area (Å²) >= 11 is 0. The lowest BCUT2D eigenvalue weighted by molar-refractivity contribution is -0.938. The van der Waals surface area contributed by atoms with Crippen molar-refractivity contribution < 1.29 is 57.2 Å². The third-order valence-corrected chi connectivity index (χ3v) is 6.35. The minimum atomic E-state index is -6.72. The standard InChI is InChI=1S/C11H22NO2.C2F6NO4S2/c1-6-12(7-2,8-3)9-14-11(13)10(4)5;3-1(4,5)14(10,11)9-15(12,13)2(6,7)8/h4,6-9H2,1-3,5H3;/q+1;-1. The molecule has 29 heavy (non-hydrogen) atoms. The second kappa shape index (κ2) is 10.6. The first-order valence-electron chi connectivity index (χ1n) is 7.76. The highest BCUT2D eigenvalue weighted by Gasteiger charge is 2.46. The Labute approximate surface area is 165 Å². The molecule has 0 spiro atoms. The second-order valence-electron chi connectivity index (χ2n) is 5.55. The van der Waals surface area contributed by atoms with Gasteiger partial charge in [-0.05, 0) is 27.7 Å². The van der Waals surface area contributed by atoms with E-state index >= 15 is 0 Å². The average molecular weight is 480 g/mol. The van der Waals surface area contributed by atoms with E-state index in [-0.39, 0.29) is 5.97 Å². The molecule has 0 bridgehead atoms. The number of hydrogen-bond donors (Lipinski definition) is 0. The first-order valence-corrected chi connectivity index (χ1v) is 10.6. The van der Waals surface area contributed by atoms with Crippen LogP contribution in [-0.4, -0.2) is 64.7 Å². The molecule has 0 rings (SSSR count). The van der Waals surface area contributed by atoms with Crippen molar-refractivity contribution in [2.45, 2.75) is 38.7 Å². The van der Waals surface area contributed by atoms with Crippen molar-refractivity contribution in [1.29, 1.82) is 0 Å². The Bertz CT molecular complexity index is 720. The van der Waals surface area contributed by atoms with Crippen LogP contribution < -0.4 is 0 Å².